The van der Waals surface area contributed by atoms with Gasteiger partial charge in [0, 0.05) is 42.5 Å². The predicted octanol–water partition coefficient (Wildman–Crippen LogP) is 5.26. The van der Waals surface area contributed by atoms with Crippen molar-refractivity contribution >= 4 is 21.8 Å². The van der Waals surface area contributed by atoms with E-state index in [0.29, 0.717) is 13.1 Å². The number of nitrogens with zero attached hydrogens (tertiary/aromatic N) is 2. The third-order valence-electron chi connectivity index (χ3n) is 6.79. The summed E-state index contributed by atoms with van der Waals surface area (Å²) in [5.74, 6) is 0. The molecule has 0 amide bonds. The molecule has 2 aliphatic rings. The summed E-state index contributed by atoms with van der Waals surface area (Å²) in [4.78, 5) is 4.86. The van der Waals surface area contributed by atoms with E-state index in [4.69, 9.17) is 0 Å². The quantitative estimate of drug-likeness (QED) is 0.392. The fourth-order valence-electron chi connectivity index (χ4n) is 4.65. The summed E-state index contributed by atoms with van der Waals surface area (Å²) in [7, 11) is -3.40. The lowest BCUT2D eigenvalue weighted by Crippen LogP contribution is -2.49. The molecule has 0 radical (unpaired) electrons. The van der Waals surface area contributed by atoms with Crippen molar-refractivity contribution in [3.63, 3.8) is 0 Å². The van der Waals surface area contributed by atoms with E-state index in [2.05, 4.69) is 72.5 Å². The number of rotatable bonds is 5. The second-order valence-corrected chi connectivity index (χ2v) is 12.4. The minimum atomic E-state index is -3.40. The van der Waals surface area contributed by atoms with Gasteiger partial charge in [-0.2, -0.15) is 4.31 Å². The van der Waals surface area contributed by atoms with E-state index in [1.54, 1.807) is 16.1 Å². The minimum absolute atomic E-state index is 0.548. The Morgan fingerprint density at radius 2 is 1.58 bits per heavy atom. The standard InChI is InChI=1S/C27H30N2O2S2/c1-20-7-9-22(10-8-20)19-28-13-15-29(16-14-28)33(30,31)21(2)23-11-12-27-25(17-23)18-24-5-3-4-6-26(24)32-27/h3-12,17,21H,13-16,18-19H2,1-2H3. The van der Waals surface area contributed by atoms with Crippen molar-refractivity contribution in [2.45, 2.75) is 41.9 Å². The molecule has 2 heterocycles. The Bertz CT molecular complexity index is 1250. The smallest absolute Gasteiger partial charge is 0.220 e. The van der Waals surface area contributed by atoms with Gasteiger partial charge in [0.25, 0.3) is 0 Å². The van der Waals surface area contributed by atoms with Crippen molar-refractivity contribution in [3.05, 3.63) is 94.5 Å². The molecule has 1 unspecified atom stereocenters. The molecule has 1 atom stereocenters. The third-order valence-corrected chi connectivity index (χ3v) is 10.3. The third kappa shape index (κ3) is 4.76. The first kappa shape index (κ1) is 22.7. The molecule has 0 saturated carbocycles. The van der Waals surface area contributed by atoms with Crippen molar-refractivity contribution in [3.8, 4) is 0 Å². The number of hydrogen-bond donors (Lipinski definition) is 0. The largest absolute Gasteiger partial charge is 0.296 e. The van der Waals surface area contributed by atoms with E-state index in [-0.39, 0.29) is 0 Å². The molecule has 3 aromatic rings. The molecule has 1 fully saturated rings. The van der Waals surface area contributed by atoms with Crippen molar-refractivity contribution in [2.24, 2.45) is 0 Å². The highest BCUT2D eigenvalue weighted by molar-refractivity contribution is 7.99. The maximum atomic E-state index is 13.5. The van der Waals surface area contributed by atoms with E-state index in [1.807, 2.05) is 13.0 Å². The SMILES string of the molecule is Cc1ccc(CN2CCN(S(=O)(=O)C(C)c3ccc4c(c3)Cc3ccccc3S4)CC2)cc1. The monoisotopic (exact) mass is 478 g/mol. The lowest BCUT2D eigenvalue weighted by molar-refractivity contribution is 0.181. The maximum Gasteiger partial charge on any atom is 0.220 e. The van der Waals surface area contributed by atoms with E-state index in [9.17, 15) is 8.42 Å². The van der Waals surface area contributed by atoms with Crippen molar-refractivity contribution in [1.29, 1.82) is 0 Å². The summed E-state index contributed by atoms with van der Waals surface area (Å²) in [5, 5.41) is -0.548. The second kappa shape index (κ2) is 9.26. The van der Waals surface area contributed by atoms with Crippen LogP contribution < -0.4 is 0 Å². The van der Waals surface area contributed by atoms with E-state index in [1.165, 1.54) is 32.0 Å². The van der Waals surface area contributed by atoms with Crippen molar-refractivity contribution < 1.29 is 8.42 Å². The molecule has 6 heteroatoms. The minimum Gasteiger partial charge on any atom is -0.296 e. The van der Waals surface area contributed by atoms with Gasteiger partial charge in [-0.15, -0.1) is 0 Å². The molecule has 0 aliphatic carbocycles. The van der Waals surface area contributed by atoms with E-state index in [0.717, 1.165) is 31.6 Å². The lowest BCUT2D eigenvalue weighted by atomic mass is 10.0. The molecular weight excluding hydrogens is 448 g/mol. The number of sulfonamides is 1. The van der Waals surface area contributed by atoms with Crippen LogP contribution >= 0.6 is 11.8 Å². The molecular formula is C27H30N2O2S2. The molecule has 3 aromatic carbocycles. The average Bonchev–Trinajstić information content (AvgIpc) is 2.83. The summed E-state index contributed by atoms with van der Waals surface area (Å²) >= 11 is 1.77. The zero-order chi connectivity index (χ0) is 23.0. The molecule has 0 bridgehead atoms. The van der Waals surface area contributed by atoms with Crippen molar-refractivity contribution in [1.82, 2.24) is 9.21 Å². The molecule has 4 nitrogen and oxygen atoms in total. The van der Waals surface area contributed by atoms with Crippen LogP contribution in [0.25, 0.3) is 0 Å². The number of fused-ring (bicyclic) bond motifs is 2. The van der Waals surface area contributed by atoms with Crippen molar-refractivity contribution in [2.75, 3.05) is 26.2 Å². The summed E-state index contributed by atoms with van der Waals surface area (Å²) in [6.45, 7) is 7.41. The zero-order valence-corrected chi connectivity index (χ0v) is 20.8. The van der Waals surface area contributed by atoms with Gasteiger partial charge >= 0.3 is 0 Å². The first-order chi connectivity index (χ1) is 15.9. The summed E-state index contributed by atoms with van der Waals surface area (Å²) in [6.07, 6.45) is 0.858. The number of piperazine rings is 1. The highest BCUT2D eigenvalue weighted by Crippen LogP contribution is 2.41. The van der Waals surface area contributed by atoms with Crippen LogP contribution in [0.1, 0.15) is 40.0 Å². The molecule has 5 rings (SSSR count). The Morgan fingerprint density at radius 1 is 0.879 bits per heavy atom. The maximum absolute atomic E-state index is 13.5. The fourth-order valence-corrected chi connectivity index (χ4v) is 7.32. The predicted molar refractivity (Wildman–Crippen MR) is 135 cm³/mol. The highest BCUT2D eigenvalue weighted by atomic mass is 32.2. The number of hydrogen-bond acceptors (Lipinski definition) is 4. The summed E-state index contributed by atoms with van der Waals surface area (Å²) in [6, 6.07) is 23.2. The summed E-state index contributed by atoms with van der Waals surface area (Å²) in [5.41, 5.74) is 5.96. The molecule has 0 spiro atoms. The normalized spacial score (nSPS) is 17.9. The van der Waals surface area contributed by atoms with Crippen LogP contribution in [0.3, 0.4) is 0 Å². The zero-order valence-electron chi connectivity index (χ0n) is 19.2. The van der Waals surface area contributed by atoms with Crippen LogP contribution in [-0.2, 0) is 23.0 Å². The first-order valence-electron chi connectivity index (χ1n) is 11.6. The van der Waals surface area contributed by atoms with Crippen LogP contribution in [0.5, 0.6) is 0 Å². The Kier molecular flexibility index (Phi) is 6.36. The van der Waals surface area contributed by atoms with Gasteiger partial charge in [0.2, 0.25) is 10.0 Å². The number of benzene rings is 3. The molecule has 2 aliphatic heterocycles. The Balaban J connectivity index is 1.25. The van der Waals surface area contributed by atoms with Gasteiger partial charge in [-0.05, 0) is 54.7 Å². The van der Waals surface area contributed by atoms with E-state index >= 15 is 0 Å². The van der Waals surface area contributed by atoms with Gasteiger partial charge in [0.15, 0.2) is 0 Å². The average molecular weight is 479 g/mol. The Labute approximate surface area is 201 Å². The molecule has 172 valence electrons. The van der Waals surface area contributed by atoms with Crippen LogP contribution in [0.2, 0.25) is 0 Å². The lowest BCUT2D eigenvalue weighted by Gasteiger charge is -2.35. The van der Waals surface area contributed by atoms with Gasteiger partial charge in [-0.3, -0.25) is 4.90 Å². The number of aryl methyl sites for hydroxylation is 1. The van der Waals surface area contributed by atoms with Gasteiger partial charge < -0.3 is 0 Å². The van der Waals surface area contributed by atoms with E-state index < -0.39 is 15.3 Å². The van der Waals surface area contributed by atoms with Crippen LogP contribution in [0.4, 0.5) is 0 Å². The molecule has 1 saturated heterocycles. The Morgan fingerprint density at radius 3 is 2.33 bits per heavy atom. The first-order valence-corrected chi connectivity index (χ1v) is 13.9. The highest BCUT2D eigenvalue weighted by Gasteiger charge is 2.33. The Hall–Kier alpha value is -2.12. The molecule has 0 N–H and O–H groups in total. The van der Waals surface area contributed by atoms with Crippen LogP contribution in [0, 0.1) is 6.92 Å². The molecule has 33 heavy (non-hydrogen) atoms. The van der Waals surface area contributed by atoms with Gasteiger partial charge in [0.1, 0.15) is 0 Å². The van der Waals surface area contributed by atoms with Crippen LogP contribution in [-0.4, -0.2) is 43.8 Å². The topological polar surface area (TPSA) is 40.6 Å². The fraction of sp³-hybridized carbons (Fsp3) is 0.333. The second-order valence-electron chi connectivity index (χ2n) is 9.10. The molecule has 0 aromatic heterocycles. The van der Waals surface area contributed by atoms with Gasteiger partial charge in [-0.1, -0.05) is 71.9 Å². The van der Waals surface area contributed by atoms with Gasteiger partial charge in [-0.25, -0.2) is 8.42 Å². The van der Waals surface area contributed by atoms with Crippen LogP contribution in [0.15, 0.2) is 76.5 Å². The van der Waals surface area contributed by atoms with Gasteiger partial charge in [0.05, 0.1) is 5.25 Å². The summed E-state index contributed by atoms with van der Waals surface area (Å²) < 4.78 is 28.6.